The Morgan fingerprint density at radius 1 is 0.319 bits per heavy atom. The molecule has 0 rings (SSSR count). The van der Waals surface area contributed by atoms with Gasteiger partial charge < -0.3 is 14.2 Å². The maximum Gasteiger partial charge on any atom is 0.306 e. The van der Waals surface area contributed by atoms with Crippen LogP contribution >= 0.6 is 0 Å². The number of rotatable bonds is 51. The summed E-state index contributed by atoms with van der Waals surface area (Å²) in [6, 6.07) is 0. The van der Waals surface area contributed by atoms with Crippen molar-refractivity contribution in [3.05, 3.63) is 158 Å². The number of allylic oxidation sites excluding steroid dienone is 26. The highest BCUT2D eigenvalue weighted by molar-refractivity contribution is 5.70. The summed E-state index contributed by atoms with van der Waals surface area (Å²) in [6.07, 6.45) is 89.8. The maximum atomic E-state index is 12.9. The SMILES string of the molecule is CC/C=C\C/C=C\C/C=C\C/C=C\C/C=C\CCCCCCOCC(COC(=O)CCCCCCCC/C=C\C/C=C\C/C=C\CCCCC)OC(=O)CCC/C=C\C/C=C\C/C=C\C/C=C\C/C=C\CC. The zero-order valence-electron chi connectivity index (χ0n) is 46.4. The van der Waals surface area contributed by atoms with Gasteiger partial charge in [0.05, 0.1) is 6.61 Å². The first-order valence-electron chi connectivity index (χ1n) is 29.0. The van der Waals surface area contributed by atoms with Crippen LogP contribution in [-0.4, -0.2) is 37.9 Å². The molecule has 5 heteroatoms. The topological polar surface area (TPSA) is 61.8 Å². The molecule has 0 heterocycles. The lowest BCUT2D eigenvalue weighted by atomic mass is 10.1. The molecule has 0 bridgehead atoms. The summed E-state index contributed by atoms with van der Waals surface area (Å²) >= 11 is 0. The summed E-state index contributed by atoms with van der Waals surface area (Å²) in [5, 5.41) is 0. The number of esters is 2. The second-order valence-electron chi connectivity index (χ2n) is 18.4. The molecule has 0 spiro atoms. The van der Waals surface area contributed by atoms with Crippen molar-refractivity contribution in [1.29, 1.82) is 0 Å². The van der Waals surface area contributed by atoms with Crippen LogP contribution in [0, 0.1) is 0 Å². The van der Waals surface area contributed by atoms with Gasteiger partial charge in [-0.15, -0.1) is 0 Å². The Kier molecular flexibility index (Phi) is 57.0. The number of carbonyl (C=O) groups is 2. The standard InChI is InChI=1S/C67H106O5/c1-4-7-10-13-16-19-22-25-28-31-33-35-38-41-44-47-50-53-56-59-62-70-63-65(72-67(69)61-58-55-52-49-46-43-40-36-30-27-24-21-18-15-12-9-6-3)64-71-66(68)60-57-54-51-48-45-42-39-37-34-32-29-26-23-20-17-14-11-8-5-2/h7,9-10,12,16-21,25-30,33-35,37,40-41,43-44,49,52,65H,4-6,8,11,13-15,22-24,31-32,36,38-39,42,45-48,50-51,53-64H2,1-3H3/b10-7-,12-9-,19-16-,20-17-,21-18-,28-25-,29-26-,30-27-,35-33-,37-34-,43-40-,44-41-,52-49-. The molecule has 0 N–H and O–H groups in total. The van der Waals surface area contributed by atoms with Crippen LogP contribution in [0.15, 0.2) is 158 Å². The monoisotopic (exact) mass is 991 g/mol. The minimum atomic E-state index is -0.599. The summed E-state index contributed by atoms with van der Waals surface area (Å²) in [5.41, 5.74) is 0. The summed E-state index contributed by atoms with van der Waals surface area (Å²) < 4.78 is 17.4. The third kappa shape index (κ3) is 58.1. The lowest BCUT2D eigenvalue weighted by Crippen LogP contribution is -2.30. The minimum absolute atomic E-state index is 0.0338. The molecule has 0 aliphatic rings. The van der Waals surface area contributed by atoms with Crippen LogP contribution in [0.3, 0.4) is 0 Å². The second-order valence-corrected chi connectivity index (χ2v) is 18.4. The molecule has 1 unspecified atom stereocenters. The molecule has 0 aromatic rings. The molecule has 0 saturated carbocycles. The van der Waals surface area contributed by atoms with Gasteiger partial charge in [0.15, 0.2) is 6.10 Å². The van der Waals surface area contributed by atoms with Crippen molar-refractivity contribution in [3.8, 4) is 0 Å². The summed E-state index contributed by atoms with van der Waals surface area (Å²) in [7, 11) is 0. The van der Waals surface area contributed by atoms with E-state index in [1.54, 1.807) is 0 Å². The molecular formula is C67H106O5. The Morgan fingerprint density at radius 3 is 1.04 bits per heavy atom. The van der Waals surface area contributed by atoms with E-state index in [1.807, 2.05) is 0 Å². The average Bonchev–Trinajstić information content (AvgIpc) is 3.38. The first kappa shape index (κ1) is 67.5. The van der Waals surface area contributed by atoms with Gasteiger partial charge in [0.2, 0.25) is 0 Å². The van der Waals surface area contributed by atoms with Gasteiger partial charge >= 0.3 is 11.9 Å². The molecule has 0 saturated heterocycles. The van der Waals surface area contributed by atoms with Crippen molar-refractivity contribution >= 4 is 11.9 Å². The normalized spacial score (nSPS) is 13.4. The Balaban J connectivity index is 4.49. The van der Waals surface area contributed by atoms with Crippen LogP contribution in [-0.2, 0) is 23.8 Å². The molecule has 0 aliphatic carbocycles. The fourth-order valence-corrected chi connectivity index (χ4v) is 7.28. The van der Waals surface area contributed by atoms with E-state index in [1.165, 1.54) is 44.9 Å². The number of ether oxygens (including phenoxy) is 3. The molecule has 0 aromatic carbocycles. The largest absolute Gasteiger partial charge is 0.462 e. The van der Waals surface area contributed by atoms with Gasteiger partial charge in [0, 0.05) is 19.4 Å². The predicted octanol–water partition coefficient (Wildman–Crippen LogP) is 20.2. The lowest BCUT2D eigenvalue weighted by Gasteiger charge is -2.18. The Bertz CT molecular complexity index is 1590. The molecular weight excluding hydrogens is 885 g/mol. The average molecular weight is 992 g/mol. The van der Waals surface area contributed by atoms with Crippen LogP contribution < -0.4 is 0 Å². The third-order valence-electron chi connectivity index (χ3n) is 11.5. The van der Waals surface area contributed by atoms with Crippen LogP contribution in [0.4, 0.5) is 0 Å². The van der Waals surface area contributed by atoms with Gasteiger partial charge in [-0.2, -0.15) is 0 Å². The van der Waals surface area contributed by atoms with Crippen molar-refractivity contribution in [2.24, 2.45) is 0 Å². The molecule has 0 aliphatic heterocycles. The highest BCUT2D eigenvalue weighted by Gasteiger charge is 2.17. The van der Waals surface area contributed by atoms with Crippen molar-refractivity contribution in [2.45, 2.75) is 232 Å². The van der Waals surface area contributed by atoms with Gasteiger partial charge in [-0.05, 0) is 141 Å². The van der Waals surface area contributed by atoms with Crippen LogP contribution in [0.5, 0.6) is 0 Å². The maximum absolute atomic E-state index is 12.9. The molecule has 0 amide bonds. The van der Waals surface area contributed by atoms with Crippen molar-refractivity contribution in [1.82, 2.24) is 0 Å². The lowest BCUT2D eigenvalue weighted by molar-refractivity contribution is -0.162. The van der Waals surface area contributed by atoms with Crippen LogP contribution in [0.25, 0.3) is 0 Å². The number of hydrogen-bond donors (Lipinski definition) is 0. The van der Waals surface area contributed by atoms with Gasteiger partial charge in [-0.1, -0.05) is 230 Å². The first-order valence-corrected chi connectivity index (χ1v) is 29.0. The fraction of sp³-hybridized carbons (Fsp3) is 0.582. The van der Waals surface area contributed by atoms with Crippen molar-refractivity contribution in [3.63, 3.8) is 0 Å². The van der Waals surface area contributed by atoms with E-state index in [0.29, 0.717) is 25.9 Å². The molecule has 1 atom stereocenters. The minimum Gasteiger partial charge on any atom is -0.462 e. The predicted molar refractivity (Wildman–Crippen MR) is 315 cm³/mol. The quantitative estimate of drug-likeness (QED) is 0.0345. The van der Waals surface area contributed by atoms with Gasteiger partial charge in [-0.25, -0.2) is 0 Å². The molecule has 0 radical (unpaired) electrons. The molecule has 5 nitrogen and oxygen atoms in total. The fourth-order valence-electron chi connectivity index (χ4n) is 7.28. The highest BCUT2D eigenvalue weighted by atomic mass is 16.6. The summed E-state index contributed by atoms with van der Waals surface area (Å²) in [4.78, 5) is 25.5. The molecule has 404 valence electrons. The Morgan fingerprint density at radius 2 is 0.639 bits per heavy atom. The van der Waals surface area contributed by atoms with E-state index < -0.39 is 6.10 Å². The van der Waals surface area contributed by atoms with E-state index in [4.69, 9.17) is 14.2 Å². The van der Waals surface area contributed by atoms with E-state index in [9.17, 15) is 9.59 Å². The smallest absolute Gasteiger partial charge is 0.306 e. The van der Waals surface area contributed by atoms with E-state index in [0.717, 1.165) is 141 Å². The van der Waals surface area contributed by atoms with Crippen molar-refractivity contribution < 1.29 is 23.8 Å². The van der Waals surface area contributed by atoms with Gasteiger partial charge in [0.25, 0.3) is 0 Å². The van der Waals surface area contributed by atoms with Gasteiger partial charge in [-0.3, -0.25) is 9.59 Å². The Hall–Kier alpha value is -4.48. The summed E-state index contributed by atoms with van der Waals surface area (Å²) in [5.74, 6) is -0.505. The van der Waals surface area contributed by atoms with Crippen LogP contribution in [0.2, 0.25) is 0 Å². The molecule has 0 fully saturated rings. The highest BCUT2D eigenvalue weighted by Crippen LogP contribution is 2.12. The van der Waals surface area contributed by atoms with E-state index in [2.05, 4.69) is 179 Å². The zero-order chi connectivity index (χ0) is 52.0. The van der Waals surface area contributed by atoms with E-state index >= 15 is 0 Å². The number of hydrogen-bond acceptors (Lipinski definition) is 5. The molecule has 72 heavy (non-hydrogen) atoms. The second kappa shape index (κ2) is 60.8. The third-order valence-corrected chi connectivity index (χ3v) is 11.5. The first-order chi connectivity index (χ1) is 35.6. The Labute approximate surface area is 444 Å². The zero-order valence-corrected chi connectivity index (χ0v) is 46.4. The van der Waals surface area contributed by atoms with E-state index in [-0.39, 0.29) is 25.2 Å². The summed E-state index contributed by atoms with van der Waals surface area (Å²) in [6.45, 7) is 7.42. The van der Waals surface area contributed by atoms with Gasteiger partial charge in [0.1, 0.15) is 6.61 Å². The van der Waals surface area contributed by atoms with Crippen LogP contribution in [0.1, 0.15) is 226 Å². The van der Waals surface area contributed by atoms with Crippen molar-refractivity contribution in [2.75, 3.05) is 19.8 Å². The number of carbonyl (C=O) groups excluding carboxylic acids is 2. The molecule has 0 aromatic heterocycles. The number of unbranched alkanes of at least 4 members (excludes halogenated alkanes) is 14.